The van der Waals surface area contributed by atoms with Gasteiger partial charge in [0.1, 0.15) is 6.54 Å². The van der Waals surface area contributed by atoms with E-state index in [0.717, 1.165) is 10.1 Å². The number of hydrogen-bond donors (Lipinski definition) is 2. The largest absolute Gasteiger partial charge is 0.333 e. The first-order valence-corrected chi connectivity index (χ1v) is 10.7. The van der Waals surface area contributed by atoms with Crippen LogP contribution in [-0.4, -0.2) is 30.5 Å². The molecule has 164 valence electrons. The Kier molecular flexibility index (Phi) is 5.99. The SMILES string of the molecule is CCn1cnc2c1c(=O)n(CC(=O)NNC(=O)c1cccs1)c(=O)n2Cc1ccccc1. The Balaban J connectivity index is 1.67. The van der Waals surface area contributed by atoms with Gasteiger partial charge in [-0.15, -0.1) is 11.3 Å². The van der Waals surface area contributed by atoms with Gasteiger partial charge in [0, 0.05) is 6.54 Å². The van der Waals surface area contributed by atoms with Gasteiger partial charge in [-0.2, -0.15) is 0 Å². The Bertz CT molecular complexity index is 1390. The second-order valence-corrected chi connectivity index (χ2v) is 7.88. The van der Waals surface area contributed by atoms with Crippen LogP contribution in [0.4, 0.5) is 0 Å². The van der Waals surface area contributed by atoms with Crippen LogP contribution >= 0.6 is 11.3 Å². The van der Waals surface area contributed by atoms with Crippen molar-refractivity contribution >= 4 is 34.3 Å². The summed E-state index contributed by atoms with van der Waals surface area (Å²) in [6.07, 6.45) is 1.50. The van der Waals surface area contributed by atoms with Gasteiger partial charge in [-0.3, -0.25) is 29.8 Å². The molecular formula is C21H20N6O4S. The number of thiophene rings is 1. The predicted octanol–water partition coefficient (Wildman–Crippen LogP) is 0.951. The van der Waals surface area contributed by atoms with Crippen molar-refractivity contribution < 1.29 is 9.59 Å². The molecule has 0 radical (unpaired) electrons. The van der Waals surface area contributed by atoms with Crippen LogP contribution < -0.4 is 22.1 Å². The second-order valence-electron chi connectivity index (χ2n) is 6.93. The third-order valence-electron chi connectivity index (χ3n) is 4.87. The van der Waals surface area contributed by atoms with Crippen LogP contribution in [0, 0.1) is 0 Å². The zero-order chi connectivity index (χ0) is 22.7. The molecule has 0 saturated carbocycles. The summed E-state index contributed by atoms with van der Waals surface area (Å²) in [6.45, 7) is 1.96. The lowest BCUT2D eigenvalue weighted by atomic mass is 10.2. The van der Waals surface area contributed by atoms with E-state index in [-0.39, 0.29) is 17.7 Å². The molecule has 10 nitrogen and oxygen atoms in total. The number of carbonyl (C=O) groups excluding carboxylic acids is 2. The minimum atomic E-state index is -0.706. The maximum Gasteiger partial charge on any atom is 0.333 e. The van der Waals surface area contributed by atoms with Gasteiger partial charge in [0.25, 0.3) is 17.4 Å². The molecule has 2 amide bonds. The molecule has 2 N–H and O–H groups in total. The minimum absolute atomic E-state index is 0.188. The van der Waals surface area contributed by atoms with Crippen molar-refractivity contribution in [2.75, 3.05) is 0 Å². The number of carbonyl (C=O) groups is 2. The molecule has 11 heteroatoms. The quantitative estimate of drug-likeness (QED) is 0.422. The number of benzene rings is 1. The van der Waals surface area contributed by atoms with Gasteiger partial charge in [0.15, 0.2) is 11.2 Å². The van der Waals surface area contributed by atoms with Crippen molar-refractivity contribution in [3.63, 3.8) is 0 Å². The number of imidazole rings is 1. The monoisotopic (exact) mass is 452 g/mol. The third-order valence-corrected chi connectivity index (χ3v) is 5.74. The summed E-state index contributed by atoms with van der Waals surface area (Å²) in [7, 11) is 0. The molecule has 4 rings (SSSR count). The zero-order valence-electron chi connectivity index (χ0n) is 17.1. The number of nitrogens with one attached hydrogen (secondary N) is 2. The van der Waals surface area contributed by atoms with Crippen LogP contribution in [0.2, 0.25) is 0 Å². The standard InChI is InChI=1S/C21H20N6O4S/c1-2-25-13-22-18-17(25)20(30)27(21(31)26(18)11-14-7-4-3-5-8-14)12-16(28)23-24-19(29)15-9-6-10-32-15/h3-10,13H,2,11-12H2,1H3,(H,23,28)(H,24,29). The lowest BCUT2D eigenvalue weighted by molar-refractivity contribution is -0.122. The van der Waals surface area contributed by atoms with Gasteiger partial charge in [0.05, 0.1) is 17.7 Å². The van der Waals surface area contributed by atoms with Gasteiger partial charge in [-0.05, 0) is 23.9 Å². The van der Waals surface area contributed by atoms with Gasteiger partial charge in [0.2, 0.25) is 0 Å². The highest BCUT2D eigenvalue weighted by Gasteiger charge is 2.20. The first-order valence-electron chi connectivity index (χ1n) is 9.84. The number of nitrogens with zero attached hydrogens (tertiary/aromatic N) is 4. The van der Waals surface area contributed by atoms with Crippen molar-refractivity contribution in [3.8, 4) is 0 Å². The Morgan fingerprint density at radius 2 is 1.81 bits per heavy atom. The lowest BCUT2D eigenvalue weighted by Crippen LogP contribution is -2.48. The van der Waals surface area contributed by atoms with E-state index in [1.807, 2.05) is 37.3 Å². The normalized spacial score (nSPS) is 10.9. The molecule has 0 atom stereocenters. The minimum Gasteiger partial charge on any atom is -0.325 e. The number of aromatic nitrogens is 4. The number of aryl methyl sites for hydroxylation is 1. The molecule has 0 bridgehead atoms. The van der Waals surface area contributed by atoms with E-state index >= 15 is 0 Å². The van der Waals surface area contributed by atoms with Crippen molar-refractivity contribution in [2.24, 2.45) is 0 Å². The van der Waals surface area contributed by atoms with E-state index in [4.69, 9.17) is 0 Å². The van der Waals surface area contributed by atoms with Gasteiger partial charge in [-0.1, -0.05) is 36.4 Å². The number of rotatable bonds is 6. The number of fused-ring (bicyclic) bond motifs is 1. The molecule has 0 aliphatic heterocycles. The van der Waals surface area contributed by atoms with Crippen molar-refractivity contribution in [3.05, 3.63) is 85.5 Å². The van der Waals surface area contributed by atoms with Crippen LogP contribution in [0.25, 0.3) is 11.2 Å². The Hall–Kier alpha value is -3.99. The maximum atomic E-state index is 13.2. The summed E-state index contributed by atoms with van der Waals surface area (Å²) < 4.78 is 3.85. The molecule has 1 aromatic carbocycles. The summed E-state index contributed by atoms with van der Waals surface area (Å²) in [5.74, 6) is -1.19. The van der Waals surface area contributed by atoms with E-state index in [9.17, 15) is 19.2 Å². The molecule has 0 fully saturated rings. The fourth-order valence-corrected chi connectivity index (χ4v) is 3.92. The molecule has 0 spiro atoms. The summed E-state index contributed by atoms with van der Waals surface area (Å²) in [5.41, 5.74) is 4.60. The zero-order valence-corrected chi connectivity index (χ0v) is 18.0. The van der Waals surface area contributed by atoms with Gasteiger partial charge >= 0.3 is 5.69 Å². The number of hydrazine groups is 1. The van der Waals surface area contributed by atoms with E-state index in [1.54, 1.807) is 22.1 Å². The summed E-state index contributed by atoms with van der Waals surface area (Å²) in [6, 6.07) is 12.6. The Labute approximate surface area is 185 Å². The first-order chi connectivity index (χ1) is 15.5. The number of amides is 2. The maximum absolute atomic E-state index is 13.2. The van der Waals surface area contributed by atoms with Crippen LogP contribution in [0.1, 0.15) is 22.2 Å². The highest BCUT2D eigenvalue weighted by atomic mass is 32.1. The predicted molar refractivity (Wildman–Crippen MR) is 119 cm³/mol. The average Bonchev–Trinajstić information content (AvgIpc) is 3.49. The van der Waals surface area contributed by atoms with E-state index in [1.165, 1.54) is 22.2 Å². The summed E-state index contributed by atoms with van der Waals surface area (Å²) >= 11 is 1.22. The van der Waals surface area contributed by atoms with Crippen molar-refractivity contribution in [2.45, 2.75) is 26.6 Å². The first kappa shape index (κ1) is 21.2. The van der Waals surface area contributed by atoms with E-state index < -0.39 is 29.6 Å². The van der Waals surface area contributed by atoms with Crippen molar-refractivity contribution in [1.82, 2.24) is 29.5 Å². The molecule has 0 aliphatic carbocycles. The molecule has 0 saturated heterocycles. The average molecular weight is 452 g/mol. The molecule has 0 unspecified atom stereocenters. The Morgan fingerprint density at radius 1 is 1.03 bits per heavy atom. The smallest absolute Gasteiger partial charge is 0.325 e. The topological polar surface area (TPSA) is 120 Å². The summed E-state index contributed by atoms with van der Waals surface area (Å²) in [4.78, 5) is 55.4. The second kappa shape index (κ2) is 9.02. The molecule has 3 aromatic heterocycles. The Morgan fingerprint density at radius 3 is 2.50 bits per heavy atom. The lowest BCUT2D eigenvalue weighted by Gasteiger charge is -2.13. The van der Waals surface area contributed by atoms with Gasteiger partial charge < -0.3 is 4.57 Å². The fourth-order valence-electron chi connectivity index (χ4n) is 3.31. The third kappa shape index (κ3) is 4.10. The molecule has 32 heavy (non-hydrogen) atoms. The van der Waals surface area contributed by atoms with E-state index in [0.29, 0.717) is 11.4 Å². The van der Waals surface area contributed by atoms with Crippen LogP contribution in [0.5, 0.6) is 0 Å². The molecular weight excluding hydrogens is 432 g/mol. The fraction of sp³-hybridized carbons (Fsp3) is 0.190. The van der Waals surface area contributed by atoms with Crippen LogP contribution in [-0.2, 0) is 24.4 Å². The molecule has 0 aliphatic rings. The highest BCUT2D eigenvalue weighted by molar-refractivity contribution is 7.12. The molecule has 3 heterocycles. The number of hydrogen-bond acceptors (Lipinski definition) is 6. The van der Waals surface area contributed by atoms with Crippen LogP contribution in [0.15, 0.2) is 63.8 Å². The summed E-state index contributed by atoms with van der Waals surface area (Å²) in [5, 5.41) is 1.73. The van der Waals surface area contributed by atoms with E-state index in [2.05, 4.69) is 15.8 Å². The molecule has 4 aromatic rings. The highest BCUT2D eigenvalue weighted by Crippen LogP contribution is 2.10. The van der Waals surface area contributed by atoms with Crippen LogP contribution in [0.3, 0.4) is 0 Å². The van der Waals surface area contributed by atoms with Gasteiger partial charge in [-0.25, -0.2) is 14.3 Å². The van der Waals surface area contributed by atoms with Crippen molar-refractivity contribution in [1.29, 1.82) is 0 Å².